The van der Waals surface area contributed by atoms with Crippen molar-refractivity contribution < 1.29 is 18.3 Å². The second-order valence-corrected chi connectivity index (χ2v) is 7.86. The molecule has 1 aliphatic heterocycles. The van der Waals surface area contributed by atoms with E-state index in [2.05, 4.69) is 9.88 Å². The minimum Gasteiger partial charge on any atom is -0.507 e. The second-order valence-electron chi connectivity index (χ2n) is 7.86. The average molecular weight is 428 g/mol. The van der Waals surface area contributed by atoms with Crippen LogP contribution in [-0.2, 0) is 25.7 Å². The summed E-state index contributed by atoms with van der Waals surface area (Å²) in [5.74, 6) is 1.39. The highest BCUT2D eigenvalue weighted by atomic mass is 19.4. The van der Waals surface area contributed by atoms with Crippen molar-refractivity contribution >= 4 is 5.82 Å². The average Bonchev–Trinajstić information content (AvgIpc) is 2.73. The Kier molecular flexibility index (Phi) is 5.58. The Morgan fingerprint density at radius 1 is 1.03 bits per heavy atom. The molecule has 31 heavy (non-hydrogen) atoms. The Morgan fingerprint density at radius 3 is 2.39 bits per heavy atom. The van der Waals surface area contributed by atoms with E-state index >= 15 is 0 Å². The molecule has 1 aromatic heterocycles. The number of alkyl halides is 3. The molecule has 0 unspecified atom stereocenters. The van der Waals surface area contributed by atoms with Gasteiger partial charge in [0.25, 0.3) is 0 Å². The molecule has 1 aliphatic rings. The van der Waals surface area contributed by atoms with Crippen molar-refractivity contribution in [3.8, 4) is 17.1 Å². The van der Waals surface area contributed by atoms with Crippen LogP contribution in [0.2, 0.25) is 0 Å². The van der Waals surface area contributed by atoms with E-state index in [0.29, 0.717) is 24.5 Å². The van der Waals surface area contributed by atoms with Gasteiger partial charge in [-0.2, -0.15) is 13.2 Å². The first-order chi connectivity index (χ1) is 14.7. The van der Waals surface area contributed by atoms with Gasteiger partial charge in [-0.25, -0.2) is 9.97 Å². The van der Waals surface area contributed by atoms with Gasteiger partial charge in [0, 0.05) is 39.3 Å². The number of phenolic OH excluding ortho intramolecular Hbond substituents is 1. The van der Waals surface area contributed by atoms with Gasteiger partial charge in [0.15, 0.2) is 5.82 Å². The van der Waals surface area contributed by atoms with Crippen LogP contribution >= 0.6 is 0 Å². The number of anilines is 1. The van der Waals surface area contributed by atoms with Crippen LogP contribution in [0.15, 0.2) is 48.5 Å². The number of hydrogen-bond acceptors (Lipinski definition) is 5. The number of phenols is 1. The standard InChI is InChI=1S/C23H23F3N4O/c1-29(2)22-17-11-12-30(13-15-7-9-16(10-8-15)23(24,25)26)14-19(17)27-21(28-22)18-5-3-4-6-20(18)31/h3-10,31H,11-14H2,1-2H3. The number of aromatic hydroxyl groups is 1. The molecule has 0 radical (unpaired) electrons. The maximum atomic E-state index is 12.8. The maximum absolute atomic E-state index is 12.8. The Bertz CT molecular complexity index is 1080. The summed E-state index contributed by atoms with van der Waals surface area (Å²) < 4.78 is 38.4. The molecule has 2 heterocycles. The lowest BCUT2D eigenvalue weighted by molar-refractivity contribution is -0.137. The number of aromatic nitrogens is 2. The number of benzene rings is 2. The summed E-state index contributed by atoms with van der Waals surface area (Å²) in [7, 11) is 3.84. The third kappa shape index (κ3) is 4.49. The highest BCUT2D eigenvalue weighted by Crippen LogP contribution is 2.33. The molecule has 0 saturated heterocycles. The number of fused-ring (bicyclic) bond motifs is 1. The lowest BCUT2D eigenvalue weighted by Crippen LogP contribution is -2.32. The number of halogens is 3. The zero-order chi connectivity index (χ0) is 22.2. The third-order valence-electron chi connectivity index (χ3n) is 5.38. The van der Waals surface area contributed by atoms with Crippen LogP contribution in [-0.4, -0.2) is 40.6 Å². The zero-order valence-electron chi connectivity index (χ0n) is 17.3. The fraction of sp³-hybridized carbons (Fsp3) is 0.304. The molecule has 0 fully saturated rings. The molecule has 0 saturated carbocycles. The van der Waals surface area contributed by atoms with E-state index in [1.165, 1.54) is 12.1 Å². The van der Waals surface area contributed by atoms with Gasteiger partial charge < -0.3 is 10.0 Å². The largest absolute Gasteiger partial charge is 0.507 e. The lowest BCUT2D eigenvalue weighted by Gasteiger charge is -2.30. The second kappa shape index (κ2) is 8.19. The van der Waals surface area contributed by atoms with Crippen molar-refractivity contribution in [3.63, 3.8) is 0 Å². The maximum Gasteiger partial charge on any atom is 0.416 e. The van der Waals surface area contributed by atoms with Crippen LogP contribution in [0.1, 0.15) is 22.4 Å². The number of rotatable bonds is 4. The first-order valence-electron chi connectivity index (χ1n) is 9.96. The van der Waals surface area contributed by atoms with Gasteiger partial charge >= 0.3 is 6.18 Å². The van der Waals surface area contributed by atoms with Crippen LogP contribution in [0.3, 0.4) is 0 Å². The highest BCUT2D eigenvalue weighted by Gasteiger charge is 2.30. The Hall–Kier alpha value is -3.13. The minimum absolute atomic E-state index is 0.115. The molecular weight excluding hydrogens is 405 g/mol. The van der Waals surface area contributed by atoms with E-state index in [0.717, 1.165) is 47.7 Å². The van der Waals surface area contributed by atoms with Crippen LogP contribution in [0, 0.1) is 0 Å². The van der Waals surface area contributed by atoms with Crippen molar-refractivity contribution in [3.05, 3.63) is 70.9 Å². The Balaban J connectivity index is 1.61. The van der Waals surface area contributed by atoms with Crippen molar-refractivity contribution in [1.82, 2.24) is 14.9 Å². The molecule has 0 atom stereocenters. The van der Waals surface area contributed by atoms with E-state index in [9.17, 15) is 18.3 Å². The lowest BCUT2D eigenvalue weighted by atomic mass is 10.0. The van der Waals surface area contributed by atoms with Crippen molar-refractivity contribution in [2.24, 2.45) is 0 Å². The molecule has 1 N–H and O–H groups in total. The normalized spacial score (nSPS) is 14.4. The topological polar surface area (TPSA) is 52.5 Å². The van der Waals surface area contributed by atoms with Gasteiger partial charge in [0.1, 0.15) is 11.6 Å². The summed E-state index contributed by atoms with van der Waals surface area (Å²) in [6.07, 6.45) is -3.59. The smallest absolute Gasteiger partial charge is 0.416 e. The highest BCUT2D eigenvalue weighted by molar-refractivity contribution is 5.66. The Morgan fingerprint density at radius 2 is 1.74 bits per heavy atom. The predicted octanol–water partition coefficient (Wildman–Crippen LogP) is 4.49. The summed E-state index contributed by atoms with van der Waals surface area (Å²) in [6.45, 7) is 1.85. The van der Waals surface area contributed by atoms with Crippen molar-refractivity contribution in [2.75, 3.05) is 25.5 Å². The number of hydrogen-bond donors (Lipinski definition) is 1. The molecule has 0 aliphatic carbocycles. The summed E-state index contributed by atoms with van der Waals surface area (Å²) in [6, 6.07) is 12.2. The summed E-state index contributed by atoms with van der Waals surface area (Å²) in [5.41, 5.74) is 2.67. The number of nitrogens with zero attached hydrogens (tertiary/aromatic N) is 4. The molecule has 3 aromatic rings. The molecular formula is C23H23F3N4O. The summed E-state index contributed by atoms with van der Waals surface area (Å²) in [5, 5.41) is 10.2. The first-order valence-corrected chi connectivity index (χ1v) is 9.96. The summed E-state index contributed by atoms with van der Waals surface area (Å²) in [4.78, 5) is 13.5. The predicted molar refractivity (Wildman–Crippen MR) is 113 cm³/mol. The quantitative estimate of drug-likeness (QED) is 0.664. The molecule has 162 valence electrons. The summed E-state index contributed by atoms with van der Waals surface area (Å²) >= 11 is 0. The van der Waals surface area contributed by atoms with Gasteiger partial charge in [-0.3, -0.25) is 4.90 Å². The van der Waals surface area contributed by atoms with E-state index in [1.54, 1.807) is 18.2 Å². The number of para-hydroxylation sites is 1. The van der Waals surface area contributed by atoms with Crippen LogP contribution < -0.4 is 4.90 Å². The minimum atomic E-state index is -4.33. The molecule has 0 amide bonds. The molecule has 5 nitrogen and oxygen atoms in total. The molecule has 4 rings (SSSR count). The Labute approximate surface area is 178 Å². The van der Waals surface area contributed by atoms with Crippen LogP contribution in [0.4, 0.5) is 19.0 Å². The van der Waals surface area contributed by atoms with Crippen LogP contribution in [0.25, 0.3) is 11.4 Å². The molecule has 0 bridgehead atoms. The SMILES string of the molecule is CN(C)c1nc(-c2ccccc2O)nc2c1CCN(Cc1ccc(C(F)(F)F)cc1)C2. The van der Waals surface area contributed by atoms with E-state index < -0.39 is 11.7 Å². The third-order valence-corrected chi connectivity index (χ3v) is 5.38. The van der Waals surface area contributed by atoms with Crippen molar-refractivity contribution in [1.29, 1.82) is 0 Å². The van der Waals surface area contributed by atoms with E-state index in [-0.39, 0.29) is 5.75 Å². The first kappa shape index (κ1) is 21.1. The fourth-order valence-corrected chi connectivity index (χ4v) is 3.81. The van der Waals surface area contributed by atoms with Gasteiger partial charge in [0.2, 0.25) is 0 Å². The van der Waals surface area contributed by atoms with Gasteiger partial charge in [0.05, 0.1) is 16.8 Å². The monoisotopic (exact) mass is 428 g/mol. The van der Waals surface area contributed by atoms with Gasteiger partial charge in [-0.05, 0) is 36.2 Å². The fourth-order valence-electron chi connectivity index (χ4n) is 3.81. The van der Waals surface area contributed by atoms with Crippen molar-refractivity contribution in [2.45, 2.75) is 25.7 Å². The van der Waals surface area contributed by atoms with E-state index in [4.69, 9.17) is 4.98 Å². The zero-order valence-corrected chi connectivity index (χ0v) is 17.3. The molecule has 0 spiro atoms. The van der Waals surface area contributed by atoms with Crippen LogP contribution in [0.5, 0.6) is 5.75 Å². The molecule has 8 heteroatoms. The van der Waals surface area contributed by atoms with E-state index in [1.807, 2.05) is 25.1 Å². The van der Waals surface area contributed by atoms with Gasteiger partial charge in [-0.15, -0.1) is 0 Å². The van der Waals surface area contributed by atoms with Gasteiger partial charge in [-0.1, -0.05) is 24.3 Å². The molecule has 2 aromatic carbocycles.